The fourth-order valence-corrected chi connectivity index (χ4v) is 6.35. The second kappa shape index (κ2) is 10.7. The van der Waals surface area contributed by atoms with E-state index in [2.05, 4.69) is 41.2 Å². The third kappa shape index (κ3) is 4.81. The Bertz CT molecular complexity index is 2040. The van der Waals surface area contributed by atoms with Crippen molar-refractivity contribution in [2.75, 3.05) is 33.2 Å². The number of benzene rings is 5. The number of primary amides is 1. The van der Waals surface area contributed by atoms with E-state index in [0.717, 1.165) is 62.4 Å². The first-order valence-corrected chi connectivity index (χ1v) is 14.5. The lowest BCUT2D eigenvalue weighted by atomic mass is 9.90. The Labute approximate surface area is 248 Å². The van der Waals surface area contributed by atoms with E-state index >= 15 is 0 Å². The summed E-state index contributed by atoms with van der Waals surface area (Å²) in [6.45, 7) is 3.09. The van der Waals surface area contributed by atoms with Gasteiger partial charge in [0.25, 0.3) is 11.8 Å². The summed E-state index contributed by atoms with van der Waals surface area (Å²) in [6.07, 6.45) is 0.675. The summed E-state index contributed by atoms with van der Waals surface area (Å²) in [6, 6.07) is 28.6. The largest absolute Gasteiger partial charge is 0.366 e. The molecule has 0 saturated carbocycles. The minimum atomic E-state index is -0.517. The molecule has 6 aromatic rings. The summed E-state index contributed by atoms with van der Waals surface area (Å²) in [5.74, 6) is -0.759. The van der Waals surface area contributed by atoms with Crippen LogP contribution in [0.25, 0.3) is 43.7 Å². The molecule has 7 rings (SSSR count). The second-order valence-electron chi connectivity index (χ2n) is 11.4. The number of carbonyl (C=O) groups is 2. The maximum Gasteiger partial charge on any atom is 0.254 e. The summed E-state index contributed by atoms with van der Waals surface area (Å²) in [4.78, 5) is 33.4. The van der Waals surface area contributed by atoms with Crippen LogP contribution in [-0.4, -0.2) is 59.8 Å². The van der Waals surface area contributed by atoms with E-state index in [1.54, 1.807) is 6.07 Å². The van der Waals surface area contributed by atoms with Gasteiger partial charge in [-0.3, -0.25) is 9.59 Å². The highest BCUT2D eigenvalue weighted by Crippen LogP contribution is 2.40. The van der Waals surface area contributed by atoms with Gasteiger partial charge in [-0.1, -0.05) is 60.7 Å². The van der Waals surface area contributed by atoms with E-state index in [4.69, 9.17) is 5.73 Å². The number of halogens is 1. The molecule has 1 aromatic heterocycles. The number of H-pyrrole nitrogens is 1. The van der Waals surface area contributed by atoms with Crippen molar-refractivity contribution in [3.8, 4) is 11.1 Å². The summed E-state index contributed by atoms with van der Waals surface area (Å²) in [5, 5.41) is 3.99. The highest BCUT2D eigenvalue weighted by molar-refractivity contribution is 6.22. The van der Waals surface area contributed by atoms with Gasteiger partial charge in [0.1, 0.15) is 5.82 Å². The lowest BCUT2D eigenvalue weighted by Crippen LogP contribution is -2.47. The van der Waals surface area contributed by atoms with Crippen molar-refractivity contribution in [2.45, 2.75) is 6.42 Å². The summed E-state index contributed by atoms with van der Waals surface area (Å²) in [5.41, 5.74) is 12.4. The average molecular weight is 571 g/mol. The number of nitrogens with one attached hydrogen (secondary N) is 1. The summed E-state index contributed by atoms with van der Waals surface area (Å²) < 4.78 is 13.5. The zero-order valence-corrected chi connectivity index (χ0v) is 23.9. The smallest absolute Gasteiger partial charge is 0.254 e. The number of amides is 2. The Morgan fingerprint density at radius 1 is 0.814 bits per heavy atom. The molecule has 214 valence electrons. The van der Waals surface area contributed by atoms with E-state index in [1.807, 2.05) is 53.4 Å². The number of nitrogens with zero attached hydrogens (tertiary/aromatic N) is 2. The van der Waals surface area contributed by atoms with Crippen molar-refractivity contribution < 1.29 is 14.0 Å². The van der Waals surface area contributed by atoms with Crippen molar-refractivity contribution in [3.63, 3.8) is 0 Å². The Kier molecular flexibility index (Phi) is 6.67. The first-order chi connectivity index (χ1) is 20.9. The molecule has 1 aliphatic rings. The number of carbonyl (C=O) groups excluding carboxylic acids is 2. The fourth-order valence-electron chi connectivity index (χ4n) is 6.35. The minimum Gasteiger partial charge on any atom is -0.366 e. The monoisotopic (exact) mass is 570 g/mol. The van der Waals surface area contributed by atoms with Gasteiger partial charge in [-0.05, 0) is 76.8 Å². The SMILES string of the molecule is CN1CCN(C(=O)c2ccc3c(c2)[nH]c2c(C(N)=O)ccc(-c4cccc5c(Cc6ccc(F)cc6)cccc45)c23)CC1. The molecule has 2 amide bonds. The zero-order chi connectivity index (χ0) is 29.7. The molecule has 0 atom stereocenters. The highest BCUT2D eigenvalue weighted by Gasteiger charge is 2.23. The normalized spacial score (nSPS) is 14.1. The van der Waals surface area contributed by atoms with Gasteiger partial charge < -0.3 is 20.5 Å². The topological polar surface area (TPSA) is 82.4 Å². The van der Waals surface area contributed by atoms with E-state index in [9.17, 15) is 14.0 Å². The molecule has 5 aromatic carbocycles. The van der Waals surface area contributed by atoms with Crippen molar-refractivity contribution in [3.05, 3.63) is 119 Å². The molecule has 7 heteroatoms. The molecule has 2 heterocycles. The van der Waals surface area contributed by atoms with Crippen molar-refractivity contribution in [2.24, 2.45) is 5.73 Å². The van der Waals surface area contributed by atoms with E-state index in [-0.39, 0.29) is 11.7 Å². The Morgan fingerprint density at radius 2 is 1.56 bits per heavy atom. The van der Waals surface area contributed by atoms with Crippen LogP contribution in [-0.2, 0) is 6.42 Å². The van der Waals surface area contributed by atoms with Crippen molar-refractivity contribution >= 4 is 44.4 Å². The predicted molar refractivity (Wildman–Crippen MR) is 170 cm³/mol. The van der Waals surface area contributed by atoms with Crippen LogP contribution in [0.2, 0.25) is 0 Å². The maximum atomic E-state index is 13.5. The molecule has 1 aliphatic heterocycles. The van der Waals surface area contributed by atoms with Crippen LogP contribution in [0, 0.1) is 5.82 Å². The van der Waals surface area contributed by atoms with Crippen LogP contribution in [0.3, 0.4) is 0 Å². The number of aromatic nitrogens is 1. The molecule has 0 radical (unpaired) electrons. The predicted octanol–water partition coefficient (Wildman–Crippen LogP) is 6.36. The van der Waals surface area contributed by atoms with Crippen LogP contribution in [0.4, 0.5) is 4.39 Å². The average Bonchev–Trinajstić information content (AvgIpc) is 3.40. The van der Waals surface area contributed by atoms with E-state index < -0.39 is 5.91 Å². The van der Waals surface area contributed by atoms with Crippen molar-refractivity contribution in [1.29, 1.82) is 0 Å². The molecule has 0 unspecified atom stereocenters. The molecule has 0 aliphatic carbocycles. The minimum absolute atomic E-state index is 0.00624. The second-order valence-corrected chi connectivity index (χ2v) is 11.4. The van der Waals surface area contributed by atoms with Gasteiger partial charge in [0.2, 0.25) is 0 Å². The Morgan fingerprint density at radius 3 is 2.33 bits per heavy atom. The van der Waals surface area contributed by atoms with E-state index in [1.165, 1.54) is 12.1 Å². The Balaban J connectivity index is 1.37. The molecule has 0 spiro atoms. The molecular weight excluding hydrogens is 539 g/mol. The first-order valence-electron chi connectivity index (χ1n) is 14.5. The Hall–Kier alpha value is -5.01. The van der Waals surface area contributed by atoms with Crippen LogP contribution >= 0.6 is 0 Å². The van der Waals surface area contributed by atoms with Crippen LogP contribution < -0.4 is 5.73 Å². The van der Waals surface area contributed by atoms with Gasteiger partial charge in [-0.15, -0.1) is 0 Å². The molecule has 0 bridgehead atoms. The van der Waals surface area contributed by atoms with Gasteiger partial charge in [-0.2, -0.15) is 0 Å². The van der Waals surface area contributed by atoms with Gasteiger partial charge >= 0.3 is 0 Å². The summed E-state index contributed by atoms with van der Waals surface area (Å²) >= 11 is 0. The number of aromatic amines is 1. The third-order valence-corrected chi connectivity index (χ3v) is 8.67. The lowest BCUT2D eigenvalue weighted by Gasteiger charge is -2.32. The number of hydrogen-bond donors (Lipinski definition) is 2. The van der Waals surface area contributed by atoms with Crippen LogP contribution in [0.5, 0.6) is 0 Å². The lowest BCUT2D eigenvalue weighted by molar-refractivity contribution is 0.0664. The van der Waals surface area contributed by atoms with Gasteiger partial charge in [0, 0.05) is 48.0 Å². The number of piperazine rings is 1. The molecule has 6 nitrogen and oxygen atoms in total. The molecule has 1 fully saturated rings. The maximum absolute atomic E-state index is 13.5. The molecule has 3 N–H and O–H groups in total. The van der Waals surface area contributed by atoms with Gasteiger partial charge in [0.15, 0.2) is 0 Å². The quantitative estimate of drug-likeness (QED) is 0.253. The van der Waals surface area contributed by atoms with Gasteiger partial charge in [-0.25, -0.2) is 4.39 Å². The fraction of sp³-hybridized carbons (Fsp3) is 0.167. The summed E-state index contributed by atoms with van der Waals surface area (Å²) in [7, 11) is 2.06. The zero-order valence-electron chi connectivity index (χ0n) is 23.9. The van der Waals surface area contributed by atoms with E-state index in [0.29, 0.717) is 36.2 Å². The number of fused-ring (bicyclic) bond motifs is 4. The third-order valence-electron chi connectivity index (χ3n) is 8.67. The molecule has 43 heavy (non-hydrogen) atoms. The number of rotatable bonds is 5. The standard InChI is InChI=1S/C36H31FN4O2/c1-40-16-18-41(19-17-40)36(43)24-10-13-30-32(21-24)39-34-31(35(38)42)15-14-29(33(30)34)28-7-3-5-26-23(4-2-6-27(26)28)20-22-8-11-25(37)12-9-22/h2-15,21,39H,16-20H2,1H3,(H2,38,42). The molecule has 1 saturated heterocycles. The van der Waals surface area contributed by atoms with Crippen LogP contribution in [0.1, 0.15) is 31.8 Å². The number of likely N-dealkylation sites (N-methyl/N-ethyl adjacent to an activating group) is 1. The van der Waals surface area contributed by atoms with Crippen molar-refractivity contribution in [1.82, 2.24) is 14.8 Å². The van der Waals surface area contributed by atoms with Crippen LogP contribution in [0.15, 0.2) is 91.0 Å². The number of hydrogen-bond acceptors (Lipinski definition) is 3. The molecular formula is C36H31FN4O2. The highest BCUT2D eigenvalue weighted by atomic mass is 19.1. The first kappa shape index (κ1) is 26.9. The number of nitrogens with two attached hydrogens (primary N) is 1. The van der Waals surface area contributed by atoms with Gasteiger partial charge in [0.05, 0.1) is 11.1 Å².